The smallest absolute Gasteiger partial charge is 0.310 e. The molecule has 0 saturated carbocycles. The zero-order valence-electron chi connectivity index (χ0n) is 30.8. The second-order valence-corrected chi connectivity index (χ2v) is 13.9. The van der Waals surface area contributed by atoms with Crippen LogP contribution in [0.15, 0.2) is 0 Å². The molecule has 0 bridgehead atoms. The van der Waals surface area contributed by atoms with E-state index in [-0.39, 0.29) is 0 Å². The van der Waals surface area contributed by atoms with Crippen molar-refractivity contribution < 1.29 is 15.0 Å². The van der Waals surface area contributed by atoms with E-state index in [2.05, 4.69) is 55.4 Å². The van der Waals surface area contributed by atoms with Crippen molar-refractivity contribution in [3.8, 4) is 5.75 Å². The van der Waals surface area contributed by atoms with Crippen molar-refractivity contribution in [2.75, 3.05) is 0 Å². The maximum atomic E-state index is 14.2. The van der Waals surface area contributed by atoms with Gasteiger partial charge in [-0.15, -0.1) is 0 Å². The van der Waals surface area contributed by atoms with Crippen molar-refractivity contribution >= 4 is 5.97 Å². The quantitative estimate of drug-likeness (QED) is 0.104. The van der Waals surface area contributed by atoms with Crippen molar-refractivity contribution in [1.29, 1.82) is 0 Å². The Balaban J connectivity index is 4.68. The molecule has 0 fully saturated rings. The first-order valence-corrected chi connectivity index (χ1v) is 19.4. The van der Waals surface area contributed by atoms with Crippen LogP contribution in [0.5, 0.6) is 5.75 Å². The molecule has 0 heterocycles. The summed E-state index contributed by atoms with van der Waals surface area (Å²) in [6.45, 7) is 18.0. The third-order valence-electron chi connectivity index (χ3n) is 10.7. The molecular weight excluding hydrogens is 540 g/mol. The van der Waals surface area contributed by atoms with E-state index in [1.165, 1.54) is 27.8 Å². The average Bonchev–Trinajstić information content (AvgIpc) is 3.02. The molecule has 0 aliphatic rings. The number of rotatable bonds is 27. The third-order valence-corrected chi connectivity index (χ3v) is 10.7. The molecule has 0 radical (unpaired) electrons. The Morgan fingerprint density at radius 3 is 1.07 bits per heavy atom. The average molecular weight is 615 g/mol. The molecule has 0 unspecified atom stereocenters. The number of carboxylic acid groups (broad SMARTS) is 1. The molecule has 0 aliphatic carbocycles. The summed E-state index contributed by atoms with van der Waals surface area (Å²) >= 11 is 0. The van der Waals surface area contributed by atoms with Gasteiger partial charge in [0.05, 0.1) is 5.41 Å². The summed E-state index contributed by atoms with van der Waals surface area (Å²) in [6.07, 6.45) is 23.9. The standard InChI is InChI=1S/C41H74O3/c1-9-17-25-33-35(27-19-11-3)38(42)36(28-20-12-4)34(26-18-10-2)37(33)40(29-21-13-5,30-22-14-6)41(39(43)44,31-23-15-7)32-24-16-8/h42H,9-32H2,1-8H3,(H,43,44). The van der Waals surface area contributed by atoms with Crippen LogP contribution in [0.2, 0.25) is 0 Å². The van der Waals surface area contributed by atoms with Gasteiger partial charge in [-0.05, 0) is 105 Å². The van der Waals surface area contributed by atoms with Crippen LogP contribution in [-0.2, 0) is 35.9 Å². The van der Waals surface area contributed by atoms with Crippen molar-refractivity contribution in [2.45, 2.75) is 215 Å². The molecule has 3 heteroatoms. The van der Waals surface area contributed by atoms with Gasteiger partial charge in [-0.3, -0.25) is 4.79 Å². The fourth-order valence-corrected chi connectivity index (χ4v) is 8.06. The Labute approximate surface area is 274 Å². The predicted octanol–water partition coefficient (Wildman–Crippen LogP) is 12.8. The van der Waals surface area contributed by atoms with Crippen LogP contribution in [0.4, 0.5) is 0 Å². The Morgan fingerprint density at radius 2 is 0.773 bits per heavy atom. The number of carbonyl (C=O) groups is 1. The van der Waals surface area contributed by atoms with Crippen LogP contribution in [0.25, 0.3) is 0 Å². The molecule has 0 amide bonds. The highest BCUT2D eigenvalue weighted by Crippen LogP contribution is 2.58. The lowest BCUT2D eigenvalue weighted by molar-refractivity contribution is -0.157. The van der Waals surface area contributed by atoms with Crippen LogP contribution in [0, 0.1) is 5.41 Å². The molecule has 44 heavy (non-hydrogen) atoms. The lowest BCUT2D eigenvalue weighted by atomic mass is 9.50. The predicted molar refractivity (Wildman–Crippen MR) is 192 cm³/mol. The number of hydrogen-bond acceptors (Lipinski definition) is 2. The van der Waals surface area contributed by atoms with Crippen LogP contribution in [0.3, 0.4) is 0 Å². The van der Waals surface area contributed by atoms with Gasteiger partial charge in [0.1, 0.15) is 5.75 Å². The Hall–Kier alpha value is -1.51. The summed E-state index contributed by atoms with van der Waals surface area (Å²) in [6, 6.07) is 0. The first-order valence-electron chi connectivity index (χ1n) is 19.4. The number of unbranched alkanes of at least 4 members (excludes halogenated alkanes) is 8. The molecule has 3 nitrogen and oxygen atoms in total. The molecule has 1 aromatic rings. The zero-order valence-corrected chi connectivity index (χ0v) is 30.8. The number of hydrogen-bond donors (Lipinski definition) is 2. The van der Waals surface area contributed by atoms with E-state index in [1.54, 1.807) is 0 Å². The maximum absolute atomic E-state index is 14.2. The second kappa shape index (κ2) is 22.1. The van der Waals surface area contributed by atoms with Gasteiger partial charge in [0, 0.05) is 5.41 Å². The molecule has 1 aromatic carbocycles. The fraction of sp³-hybridized carbons (Fsp3) is 0.829. The Bertz CT molecular complexity index is 873. The molecule has 0 aliphatic heterocycles. The molecular formula is C41H74O3. The van der Waals surface area contributed by atoms with E-state index in [0.717, 1.165) is 154 Å². The second-order valence-electron chi connectivity index (χ2n) is 13.9. The van der Waals surface area contributed by atoms with Crippen molar-refractivity contribution in [3.63, 3.8) is 0 Å². The minimum absolute atomic E-state index is 0.434. The van der Waals surface area contributed by atoms with Gasteiger partial charge >= 0.3 is 5.97 Å². The molecule has 2 N–H and O–H groups in total. The lowest BCUT2D eigenvalue weighted by Gasteiger charge is -2.52. The van der Waals surface area contributed by atoms with Crippen LogP contribution in [-0.4, -0.2) is 16.2 Å². The molecule has 1 rings (SSSR count). The zero-order chi connectivity index (χ0) is 33.0. The van der Waals surface area contributed by atoms with E-state index in [9.17, 15) is 15.0 Å². The molecule has 0 spiro atoms. The van der Waals surface area contributed by atoms with E-state index in [4.69, 9.17) is 0 Å². The van der Waals surface area contributed by atoms with Crippen LogP contribution >= 0.6 is 0 Å². The minimum Gasteiger partial charge on any atom is -0.507 e. The maximum Gasteiger partial charge on any atom is 0.310 e. The monoisotopic (exact) mass is 615 g/mol. The molecule has 0 saturated heterocycles. The highest BCUT2D eigenvalue weighted by atomic mass is 16.4. The summed E-state index contributed by atoms with van der Waals surface area (Å²) in [7, 11) is 0. The molecule has 256 valence electrons. The van der Waals surface area contributed by atoms with Gasteiger partial charge in [-0.25, -0.2) is 0 Å². The first kappa shape index (κ1) is 40.5. The summed E-state index contributed by atoms with van der Waals surface area (Å²) < 4.78 is 0. The van der Waals surface area contributed by atoms with Crippen molar-refractivity contribution in [2.24, 2.45) is 5.41 Å². The van der Waals surface area contributed by atoms with Gasteiger partial charge in [-0.2, -0.15) is 0 Å². The van der Waals surface area contributed by atoms with Gasteiger partial charge in [0.25, 0.3) is 0 Å². The topological polar surface area (TPSA) is 57.5 Å². The number of aliphatic carboxylic acids is 1. The van der Waals surface area contributed by atoms with E-state index in [0.29, 0.717) is 5.75 Å². The highest BCUT2D eigenvalue weighted by molar-refractivity contribution is 5.78. The number of aromatic hydroxyl groups is 1. The number of phenols is 1. The highest BCUT2D eigenvalue weighted by Gasteiger charge is 2.57. The van der Waals surface area contributed by atoms with Crippen LogP contribution < -0.4 is 0 Å². The summed E-state index contributed by atoms with van der Waals surface area (Å²) in [4.78, 5) is 14.2. The van der Waals surface area contributed by atoms with E-state index in [1.807, 2.05) is 0 Å². The van der Waals surface area contributed by atoms with Crippen molar-refractivity contribution in [1.82, 2.24) is 0 Å². The lowest BCUT2D eigenvalue weighted by Crippen LogP contribution is -2.52. The summed E-state index contributed by atoms with van der Waals surface area (Å²) in [5, 5.41) is 23.9. The third kappa shape index (κ3) is 9.99. The Kier molecular flexibility index (Phi) is 20.3. The van der Waals surface area contributed by atoms with Gasteiger partial charge in [0.2, 0.25) is 0 Å². The minimum atomic E-state index is -0.799. The van der Waals surface area contributed by atoms with E-state index >= 15 is 0 Å². The van der Waals surface area contributed by atoms with Crippen molar-refractivity contribution in [3.05, 3.63) is 27.8 Å². The largest absolute Gasteiger partial charge is 0.507 e. The van der Waals surface area contributed by atoms with Crippen LogP contribution in [0.1, 0.15) is 212 Å². The molecule has 0 atom stereocenters. The number of benzene rings is 1. The summed E-state index contributed by atoms with van der Waals surface area (Å²) in [5.41, 5.74) is 5.24. The van der Waals surface area contributed by atoms with Gasteiger partial charge in [-0.1, -0.05) is 132 Å². The first-order chi connectivity index (χ1) is 21.3. The van der Waals surface area contributed by atoms with Gasteiger partial charge in [0.15, 0.2) is 0 Å². The number of carboxylic acids is 1. The van der Waals surface area contributed by atoms with E-state index < -0.39 is 16.8 Å². The fourth-order valence-electron chi connectivity index (χ4n) is 8.06. The Morgan fingerprint density at radius 1 is 0.477 bits per heavy atom. The number of phenolic OH excluding ortho intramolecular Hbond substituents is 1. The molecule has 0 aromatic heterocycles. The van der Waals surface area contributed by atoms with Gasteiger partial charge < -0.3 is 10.2 Å². The SMILES string of the molecule is CCCCc1c(O)c(CCCC)c(CCCC)c(C(CCCC)(CCCC)C(CCCC)(CCCC)C(=O)O)c1CCCC. The summed E-state index contributed by atoms with van der Waals surface area (Å²) in [5.74, 6) is 0.00330. The normalized spacial score (nSPS) is 12.3.